The predicted molar refractivity (Wildman–Crippen MR) is 71.6 cm³/mol. The van der Waals surface area contributed by atoms with E-state index in [2.05, 4.69) is 39.0 Å². The van der Waals surface area contributed by atoms with E-state index in [1.54, 1.807) is 0 Å². The summed E-state index contributed by atoms with van der Waals surface area (Å²) in [5.74, 6) is 0. The van der Waals surface area contributed by atoms with Crippen LogP contribution in [-0.4, -0.2) is 0 Å². The van der Waals surface area contributed by atoms with Gasteiger partial charge in [0.2, 0.25) is 0 Å². The molecule has 0 amide bonds. The molecule has 0 heterocycles. The molecular formula is C9H15Br3. The van der Waals surface area contributed by atoms with Crippen LogP contribution in [0.2, 0.25) is 0 Å². The van der Waals surface area contributed by atoms with Gasteiger partial charge < -0.3 is 0 Å². The maximum Gasteiger partial charge on any atom is -0.0398 e. The lowest BCUT2D eigenvalue weighted by Gasteiger charge is -1.96. The van der Waals surface area contributed by atoms with E-state index in [1.165, 1.54) is 16.7 Å². The molecule has 0 nitrogen and oxygen atoms in total. The van der Waals surface area contributed by atoms with E-state index < -0.39 is 0 Å². The normalized spacial score (nSPS) is 7.25. The summed E-state index contributed by atoms with van der Waals surface area (Å²) in [4.78, 5) is 0. The molecule has 0 unspecified atom stereocenters. The molecule has 72 valence electrons. The van der Waals surface area contributed by atoms with Crippen molar-refractivity contribution in [3.8, 4) is 0 Å². The minimum Gasteiger partial charge on any atom is -0.114 e. The first-order chi connectivity index (χ1) is 4.18. The third kappa shape index (κ3) is 6.21. The predicted octanol–water partition coefficient (Wildman–Crippen LogP) is 4.35. The molecule has 0 N–H and O–H groups in total. The number of aryl methyl sites for hydroxylation is 3. The zero-order valence-electron chi connectivity index (χ0n) is 7.46. The zero-order chi connectivity index (χ0) is 6.85. The van der Waals surface area contributed by atoms with Crippen molar-refractivity contribution < 1.29 is 0 Å². The van der Waals surface area contributed by atoms with E-state index in [9.17, 15) is 0 Å². The van der Waals surface area contributed by atoms with Crippen LogP contribution in [0.1, 0.15) is 16.7 Å². The van der Waals surface area contributed by atoms with Crippen LogP contribution < -0.4 is 0 Å². The van der Waals surface area contributed by atoms with Crippen molar-refractivity contribution in [2.24, 2.45) is 0 Å². The van der Waals surface area contributed by atoms with Crippen molar-refractivity contribution in [1.29, 1.82) is 0 Å². The van der Waals surface area contributed by atoms with E-state index in [0.717, 1.165) is 0 Å². The van der Waals surface area contributed by atoms with Gasteiger partial charge in [-0.2, -0.15) is 0 Å². The second kappa shape index (κ2) is 8.27. The van der Waals surface area contributed by atoms with Crippen LogP contribution in [0.25, 0.3) is 0 Å². The maximum absolute atomic E-state index is 2.19. The number of rotatable bonds is 0. The van der Waals surface area contributed by atoms with Crippen LogP contribution in [0.3, 0.4) is 0 Å². The molecule has 0 fully saturated rings. The molecule has 0 bridgehead atoms. The van der Waals surface area contributed by atoms with Gasteiger partial charge in [-0.05, 0) is 20.8 Å². The number of hydrogen-bond acceptors (Lipinski definition) is 0. The highest BCUT2D eigenvalue weighted by atomic mass is 79.9. The van der Waals surface area contributed by atoms with Gasteiger partial charge in [-0.3, -0.25) is 0 Å². The van der Waals surface area contributed by atoms with Crippen LogP contribution in [0.15, 0.2) is 18.2 Å². The molecule has 0 aromatic heterocycles. The monoisotopic (exact) mass is 360 g/mol. The minimum atomic E-state index is 0. The Bertz CT molecular complexity index is 171. The van der Waals surface area contributed by atoms with Gasteiger partial charge >= 0.3 is 0 Å². The Morgan fingerprint density at radius 2 is 0.750 bits per heavy atom. The van der Waals surface area contributed by atoms with Gasteiger partial charge in [0.1, 0.15) is 0 Å². The molecule has 1 rings (SSSR count). The first kappa shape index (κ1) is 18.4. The molecule has 1 aromatic rings. The highest BCUT2D eigenvalue weighted by molar-refractivity contribution is 8.93. The summed E-state index contributed by atoms with van der Waals surface area (Å²) in [6, 6.07) is 6.56. The number of benzene rings is 1. The Morgan fingerprint density at radius 1 is 0.583 bits per heavy atom. The highest BCUT2D eigenvalue weighted by Gasteiger charge is 1.87. The molecule has 1 aromatic carbocycles. The van der Waals surface area contributed by atoms with Gasteiger partial charge in [0.05, 0.1) is 0 Å². The Labute approximate surface area is 106 Å². The summed E-state index contributed by atoms with van der Waals surface area (Å²) in [6.07, 6.45) is 0. The van der Waals surface area contributed by atoms with Gasteiger partial charge in [0, 0.05) is 0 Å². The lowest BCUT2D eigenvalue weighted by Crippen LogP contribution is -1.78. The largest absolute Gasteiger partial charge is 0.114 e. The lowest BCUT2D eigenvalue weighted by atomic mass is 10.1. The average Bonchev–Trinajstić information content (AvgIpc) is 1.59. The second-order valence-corrected chi connectivity index (χ2v) is 2.67. The fourth-order valence-corrected chi connectivity index (χ4v) is 1.20. The summed E-state index contributed by atoms with van der Waals surface area (Å²) in [7, 11) is 0. The molecule has 0 saturated heterocycles. The summed E-state index contributed by atoms with van der Waals surface area (Å²) in [5.41, 5.74) is 4.06. The van der Waals surface area contributed by atoms with E-state index in [0.29, 0.717) is 0 Å². The third-order valence-electron chi connectivity index (χ3n) is 1.37. The SMILES string of the molecule is Br.Br.Br.Cc1cc(C)cc(C)c1. The fourth-order valence-electron chi connectivity index (χ4n) is 1.20. The molecule has 0 aliphatic heterocycles. The Kier molecular flexibility index (Phi) is 12.7. The van der Waals surface area contributed by atoms with Crippen molar-refractivity contribution in [3.63, 3.8) is 0 Å². The lowest BCUT2D eigenvalue weighted by molar-refractivity contribution is 1.32. The topological polar surface area (TPSA) is 0 Å². The molecule has 0 aliphatic carbocycles. The number of halogens is 3. The van der Waals surface area contributed by atoms with Gasteiger partial charge in [-0.1, -0.05) is 34.9 Å². The van der Waals surface area contributed by atoms with Gasteiger partial charge in [-0.15, -0.1) is 50.9 Å². The summed E-state index contributed by atoms with van der Waals surface area (Å²) in [6.45, 7) is 6.38. The summed E-state index contributed by atoms with van der Waals surface area (Å²) < 4.78 is 0. The molecule has 0 atom stereocenters. The quantitative estimate of drug-likeness (QED) is 0.643. The zero-order valence-corrected chi connectivity index (χ0v) is 12.6. The van der Waals surface area contributed by atoms with Crippen LogP contribution in [-0.2, 0) is 0 Å². The first-order valence-electron chi connectivity index (χ1n) is 3.23. The van der Waals surface area contributed by atoms with Crippen LogP contribution in [0.4, 0.5) is 0 Å². The van der Waals surface area contributed by atoms with Gasteiger partial charge in [0.25, 0.3) is 0 Å². The van der Waals surface area contributed by atoms with Crippen LogP contribution in [0.5, 0.6) is 0 Å². The first-order valence-corrected chi connectivity index (χ1v) is 3.23. The van der Waals surface area contributed by atoms with Crippen LogP contribution >= 0.6 is 50.9 Å². The smallest absolute Gasteiger partial charge is 0.0398 e. The molecular weight excluding hydrogens is 348 g/mol. The van der Waals surface area contributed by atoms with Crippen molar-refractivity contribution in [1.82, 2.24) is 0 Å². The molecule has 3 heteroatoms. The summed E-state index contributed by atoms with van der Waals surface area (Å²) >= 11 is 0. The van der Waals surface area contributed by atoms with E-state index in [4.69, 9.17) is 0 Å². The minimum absolute atomic E-state index is 0. The van der Waals surface area contributed by atoms with Crippen molar-refractivity contribution in [3.05, 3.63) is 34.9 Å². The van der Waals surface area contributed by atoms with Gasteiger partial charge in [-0.25, -0.2) is 0 Å². The second-order valence-electron chi connectivity index (χ2n) is 2.67. The molecule has 0 spiro atoms. The summed E-state index contributed by atoms with van der Waals surface area (Å²) in [5, 5.41) is 0. The average molecular weight is 363 g/mol. The Balaban J connectivity index is -0.000000270. The van der Waals surface area contributed by atoms with E-state index >= 15 is 0 Å². The highest BCUT2D eigenvalue weighted by Crippen LogP contribution is 2.06. The van der Waals surface area contributed by atoms with Gasteiger partial charge in [0.15, 0.2) is 0 Å². The van der Waals surface area contributed by atoms with Crippen molar-refractivity contribution in [2.45, 2.75) is 20.8 Å². The van der Waals surface area contributed by atoms with E-state index in [-0.39, 0.29) is 50.9 Å². The number of hydrogen-bond donors (Lipinski definition) is 0. The van der Waals surface area contributed by atoms with Crippen molar-refractivity contribution >= 4 is 50.9 Å². The molecule has 0 aliphatic rings. The Morgan fingerprint density at radius 3 is 0.917 bits per heavy atom. The maximum atomic E-state index is 2.19. The van der Waals surface area contributed by atoms with Crippen LogP contribution in [0, 0.1) is 20.8 Å². The van der Waals surface area contributed by atoms with E-state index in [1.807, 2.05) is 0 Å². The molecule has 0 saturated carbocycles. The molecule has 12 heavy (non-hydrogen) atoms. The standard InChI is InChI=1S/C9H12.3BrH/c1-7-4-8(2)6-9(3)5-7;;;/h4-6H,1-3H3;3*1H. The third-order valence-corrected chi connectivity index (χ3v) is 1.37. The molecule has 0 radical (unpaired) electrons. The fraction of sp³-hybridized carbons (Fsp3) is 0.333. The Hall–Kier alpha value is 0.660. The van der Waals surface area contributed by atoms with Crippen molar-refractivity contribution in [2.75, 3.05) is 0 Å².